The molecule has 22 heavy (non-hydrogen) atoms. The van der Waals surface area contributed by atoms with Crippen LogP contribution in [0.25, 0.3) is 0 Å². The third kappa shape index (κ3) is 5.63. The number of esters is 1. The number of pyridine rings is 1. The van der Waals surface area contributed by atoms with E-state index in [0.717, 1.165) is 31.2 Å². The molecule has 6 nitrogen and oxygen atoms in total. The first kappa shape index (κ1) is 16.1. The molecule has 0 aliphatic rings. The molecular formula is C16H22N4O2. The minimum absolute atomic E-state index is 0.169. The average Bonchev–Trinajstić information content (AvgIpc) is 2.98. The van der Waals surface area contributed by atoms with E-state index in [2.05, 4.69) is 22.2 Å². The lowest BCUT2D eigenvalue weighted by atomic mass is 10.2. The molecule has 2 aromatic rings. The molecular weight excluding hydrogens is 280 g/mol. The van der Waals surface area contributed by atoms with Crippen LogP contribution in [0.5, 0.6) is 0 Å². The summed E-state index contributed by atoms with van der Waals surface area (Å²) >= 11 is 0. The lowest BCUT2D eigenvalue weighted by Gasteiger charge is -2.02. The van der Waals surface area contributed by atoms with Crippen molar-refractivity contribution in [3.05, 3.63) is 42.0 Å². The van der Waals surface area contributed by atoms with Crippen LogP contribution in [0.2, 0.25) is 0 Å². The molecule has 0 N–H and O–H groups in total. The van der Waals surface area contributed by atoms with Crippen LogP contribution in [0.15, 0.2) is 30.7 Å². The van der Waals surface area contributed by atoms with E-state index in [4.69, 9.17) is 4.74 Å². The van der Waals surface area contributed by atoms with Crippen molar-refractivity contribution in [3.8, 4) is 0 Å². The zero-order valence-corrected chi connectivity index (χ0v) is 12.9. The fraction of sp³-hybridized carbons (Fsp3) is 0.500. The smallest absolute Gasteiger partial charge is 0.306 e. The standard InChI is InChI=1S/C16H22N4O2/c1-2-3-4-5-8-16(21)22-13-15-12-20(19-18-15)11-14-7-6-9-17-10-14/h6-7,9-10,12H,2-5,8,11,13H2,1H3. The van der Waals surface area contributed by atoms with Crippen molar-refractivity contribution in [2.75, 3.05) is 0 Å². The summed E-state index contributed by atoms with van der Waals surface area (Å²) in [5.74, 6) is -0.169. The largest absolute Gasteiger partial charge is 0.459 e. The molecule has 6 heteroatoms. The van der Waals surface area contributed by atoms with Crippen molar-refractivity contribution in [2.24, 2.45) is 0 Å². The Morgan fingerprint density at radius 2 is 2.23 bits per heavy atom. The summed E-state index contributed by atoms with van der Waals surface area (Å²) < 4.78 is 6.91. The van der Waals surface area contributed by atoms with Gasteiger partial charge in [0.15, 0.2) is 0 Å². The molecule has 0 bridgehead atoms. The van der Waals surface area contributed by atoms with Crippen LogP contribution in [-0.2, 0) is 22.7 Å². The monoisotopic (exact) mass is 302 g/mol. The van der Waals surface area contributed by atoms with Crippen LogP contribution in [0.4, 0.5) is 0 Å². The minimum Gasteiger partial charge on any atom is -0.459 e. The van der Waals surface area contributed by atoms with Gasteiger partial charge in [-0.15, -0.1) is 5.10 Å². The Kier molecular flexibility index (Phi) is 6.54. The van der Waals surface area contributed by atoms with Crippen LogP contribution < -0.4 is 0 Å². The molecule has 0 aromatic carbocycles. The van der Waals surface area contributed by atoms with Gasteiger partial charge in [-0.25, -0.2) is 4.68 Å². The van der Waals surface area contributed by atoms with E-state index in [-0.39, 0.29) is 12.6 Å². The quantitative estimate of drug-likeness (QED) is 0.526. The number of rotatable bonds is 9. The molecule has 0 saturated carbocycles. The number of carbonyl (C=O) groups is 1. The highest BCUT2D eigenvalue weighted by atomic mass is 16.5. The summed E-state index contributed by atoms with van der Waals surface area (Å²) in [6, 6.07) is 3.86. The fourth-order valence-electron chi connectivity index (χ4n) is 2.08. The molecule has 2 rings (SSSR count). The topological polar surface area (TPSA) is 69.9 Å². The van der Waals surface area contributed by atoms with Gasteiger partial charge in [0, 0.05) is 18.8 Å². The van der Waals surface area contributed by atoms with E-state index in [0.29, 0.717) is 18.7 Å². The van der Waals surface area contributed by atoms with Crippen LogP contribution >= 0.6 is 0 Å². The number of ether oxygens (including phenoxy) is 1. The summed E-state index contributed by atoms with van der Waals surface area (Å²) in [5.41, 5.74) is 1.71. The van der Waals surface area contributed by atoms with Crippen LogP contribution in [0, 0.1) is 0 Å². The van der Waals surface area contributed by atoms with Gasteiger partial charge < -0.3 is 4.74 Å². The Labute approximate surface area is 130 Å². The Morgan fingerprint density at radius 3 is 3.00 bits per heavy atom. The number of hydrogen-bond acceptors (Lipinski definition) is 5. The molecule has 0 saturated heterocycles. The van der Waals surface area contributed by atoms with Gasteiger partial charge in [0.25, 0.3) is 0 Å². The molecule has 118 valence electrons. The first-order valence-electron chi connectivity index (χ1n) is 7.71. The Balaban J connectivity index is 1.72. The molecule has 0 aliphatic carbocycles. The molecule has 0 atom stereocenters. The van der Waals surface area contributed by atoms with Crippen molar-refractivity contribution in [1.29, 1.82) is 0 Å². The van der Waals surface area contributed by atoms with Crippen molar-refractivity contribution in [1.82, 2.24) is 20.0 Å². The van der Waals surface area contributed by atoms with Gasteiger partial charge in [-0.05, 0) is 18.1 Å². The van der Waals surface area contributed by atoms with Crippen LogP contribution in [-0.4, -0.2) is 25.9 Å². The maximum atomic E-state index is 11.6. The lowest BCUT2D eigenvalue weighted by Crippen LogP contribution is -2.04. The lowest BCUT2D eigenvalue weighted by molar-refractivity contribution is -0.145. The van der Waals surface area contributed by atoms with Gasteiger partial charge in [0.1, 0.15) is 12.3 Å². The minimum atomic E-state index is -0.169. The fourth-order valence-corrected chi connectivity index (χ4v) is 2.08. The van der Waals surface area contributed by atoms with Gasteiger partial charge >= 0.3 is 5.97 Å². The summed E-state index contributed by atoms with van der Waals surface area (Å²) in [4.78, 5) is 15.6. The molecule has 0 amide bonds. The SMILES string of the molecule is CCCCCCC(=O)OCc1cn(Cc2cccnc2)nn1. The van der Waals surface area contributed by atoms with E-state index in [1.807, 2.05) is 12.1 Å². The number of aromatic nitrogens is 4. The van der Waals surface area contributed by atoms with Crippen molar-refractivity contribution < 1.29 is 9.53 Å². The number of hydrogen-bond donors (Lipinski definition) is 0. The average molecular weight is 302 g/mol. The van der Waals surface area contributed by atoms with Crippen molar-refractivity contribution >= 4 is 5.97 Å². The third-order valence-electron chi connectivity index (χ3n) is 3.27. The van der Waals surface area contributed by atoms with Gasteiger partial charge in [-0.1, -0.05) is 37.5 Å². The predicted molar refractivity (Wildman–Crippen MR) is 81.9 cm³/mol. The van der Waals surface area contributed by atoms with E-state index < -0.39 is 0 Å². The second-order valence-electron chi connectivity index (χ2n) is 5.24. The van der Waals surface area contributed by atoms with Crippen molar-refractivity contribution in [2.45, 2.75) is 52.2 Å². The van der Waals surface area contributed by atoms with Gasteiger partial charge in [-0.2, -0.15) is 0 Å². The van der Waals surface area contributed by atoms with Gasteiger partial charge in [0.05, 0.1) is 12.7 Å². The first-order valence-corrected chi connectivity index (χ1v) is 7.71. The van der Waals surface area contributed by atoms with Gasteiger partial charge in [0.2, 0.25) is 0 Å². The maximum Gasteiger partial charge on any atom is 0.306 e. The molecule has 0 fully saturated rings. The third-order valence-corrected chi connectivity index (χ3v) is 3.27. The predicted octanol–water partition coefficient (Wildman–Crippen LogP) is 2.74. The molecule has 0 unspecified atom stereocenters. The zero-order chi connectivity index (χ0) is 15.6. The normalized spacial score (nSPS) is 10.6. The summed E-state index contributed by atoms with van der Waals surface area (Å²) in [6.07, 6.45) is 10.1. The Hall–Kier alpha value is -2.24. The zero-order valence-electron chi connectivity index (χ0n) is 12.9. The second kappa shape index (κ2) is 8.92. The van der Waals surface area contributed by atoms with E-state index in [9.17, 15) is 4.79 Å². The summed E-state index contributed by atoms with van der Waals surface area (Å²) in [7, 11) is 0. The number of unbranched alkanes of at least 4 members (excludes halogenated alkanes) is 3. The molecule has 0 radical (unpaired) electrons. The second-order valence-corrected chi connectivity index (χ2v) is 5.24. The van der Waals surface area contributed by atoms with E-state index in [1.54, 1.807) is 23.3 Å². The maximum absolute atomic E-state index is 11.6. The highest BCUT2D eigenvalue weighted by Crippen LogP contribution is 2.06. The molecule has 0 aliphatic heterocycles. The molecule has 0 spiro atoms. The van der Waals surface area contributed by atoms with Crippen LogP contribution in [0.3, 0.4) is 0 Å². The van der Waals surface area contributed by atoms with E-state index >= 15 is 0 Å². The first-order chi connectivity index (χ1) is 10.8. The summed E-state index contributed by atoms with van der Waals surface area (Å²) in [6.45, 7) is 2.93. The Morgan fingerprint density at radius 1 is 1.32 bits per heavy atom. The van der Waals surface area contributed by atoms with E-state index in [1.165, 1.54) is 0 Å². The van der Waals surface area contributed by atoms with Crippen LogP contribution in [0.1, 0.15) is 50.3 Å². The number of nitrogens with zero attached hydrogens (tertiary/aromatic N) is 4. The highest BCUT2D eigenvalue weighted by Gasteiger charge is 2.06. The highest BCUT2D eigenvalue weighted by molar-refractivity contribution is 5.69. The Bertz CT molecular complexity index is 569. The summed E-state index contributed by atoms with van der Waals surface area (Å²) in [5, 5.41) is 8.03. The van der Waals surface area contributed by atoms with Gasteiger partial charge in [-0.3, -0.25) is 9.78 Å². The molecule has 2 heterocycles. The van der Waals surface area contributed by atoms with Crippen molar-refractivity contribution in [3.63, 3.8) is 0 Å². The number of carbonyl (C=O) groups excluding carboxylic acids is 1. The molecule has 2 aromatic heterocycles.